The average Bonchev–Trinajstić information content (AvgIpc) is 3.18. The molecule has 21 heavy (non-hydrogen) atoms. The Hall–Kier alpha value is 0.0169. The van der Waals surface area contributed by atoms with Crippen molar-refractivity contribution in [3.8, 4) is 0 Å². The van der Waals surface area contributed by atoms with Gasteiger partial charge in [0, 0.05) is 7.11 Å². The van der Waals surface area contributed by atoms with Gasteiger partial charge in [0.25, 0.3) is 0 Å². The summed E-state index contributed by atoms with van der Waals surface area (Å²) in [5.74, 6) is 0.560. The molecule has 5 atom stereocenters. The molecule has 0 aliphatic carbocycles. The Balaban J connectivity index is 1.94. The molecule has 0 spiro atoms. The Morgan fingerprint density at radius 2 is 1.81 bits per heavy atom. The van der Waals surface area contributed by atoms with E-state index in [-0.39, 0.29) is 23.4 Å². The van der Waals surface area contributed by atoms with E-state index in [9.17, 15) is 5.11 Å². The molecule has 0 bridgehead atoms. The first-order valence-electron chi connectivity index (χ1n) is 7.77. The largest absolute Gasteiger partial charge is 0.414 e. The van der Waals surface area contributed by atoms with Gasteiger partial charge in [-0.15, -0.1) is 0 Å². The number of fused-ring (bicyclic) bond motifs is 1. The summed E-state index contributed by atoms with van der Waals surface area (Å²) in [6.07, 6.45) is -1.70. The molecular formula is C15H30O5Si. The van der Waals surface area contributed by atoms with Crippen LogP contribution in [0, 0.1) is 5.92 Å². The highest BCUT2D eigenvalue weighted by molar-refractivity contribution is 6.74. The van der Waals surface area contributed by atoms with Crippen molar-refractivity contribution in [2.45, 2.75) is 76.5 Å². The van der Waals surface area contributed by atoms with Crippen molar-refractivity contribution in [3.05, 3.63) is 0 Å². The maximum absolute atomic E-state index is 9.92. The standard InChI is InChI=1S/C15H30O5Si/c1-9(2)15(3,4)21(6,7)18-8-10-12-13(20-12)11(16)14(17-5)19-10/h9-14,16H,8H2,1-7H3/t10-,11-,12-,13+,14-/m1/s1. The number of aliphatic hydroxyl groups is 1. The SMILES string of the molecule is CO[C@@H]1O[C@H](CO[Si](C)(C)C(C)(C)C(C)C)[C@H]2O[C@H]2[C@H]1O. The lowest BCUT2D eigenvalue weighted by Gasteiger charge is -2.43. The van der Waals surface area contributed by atoms with Crippen LogP contribution in [0.25, 0.3) is 0 Å². The first kappa shape index (κ1) is 17.4. The Kier molecular flexibility index (Phi) is 4.88. The maximum Gasteiger partial charge on any atom is 0.192 e. The molecule has 0 aromatic heterocycles. The van der Waals surface area contributed by atoms with Gasteiger partial charge in [-0.2, -0.15) is 0 Å². The van der Waals surface area contributed by atoms with Crippen LogP contribution in [0.3, 0.4) is 0 Å². The number of aliphatic hydroxyl groups excluding tert-OH is 1. The number of hydrogen-bond acceptors (Lipinski definition) is 5. The van der Waals surface area contributed by atoms with Crippen LogP contribution >= 0.6 is 0 Å². The summed E-state index contributed by atoms with van der Waals surface area (Å²) in [6, 6.07) is 0. The molecule has 124 valence electrons. The van der Waals surface area contributed by atoms with E-state index in [0.29, 0.717) is 12.5 Å². The zero-order chi connectivity index (χ0) is 16.0. The predicted octanol–water partition coefficient (Wildman–Crippen LogP) is 2.14. The number of hydrogen-bond donors (Lipinski definition) is 1. The van der Waals surface area contributed by atoms with E-state index in [2.05, 4.69) is 40.8 Å². The lowest BCUT2D eigenvalue weighted by Crippen LogP contribution is -2.51. The molecule has 2 rings (SSSR count). The fourth-order valence-electron chi connectivity index (χ4n) is 2.70. The van der Waals surface area contributed by atoms with Crippen LogP contribution in [0.5, 0.6) is 0 Å². The topological polar surface area (TPSA) is 60.5 Å². The summed E-state index contributed by atoms with van der Waals surface area (Å²) in [5, 5.41) is 10.1. The first-order chi connectivity index (χ1) is 9.61. The minimum Gasteiger partial charge on any atom is -0.414 e. The summed E-state index contributed by atoms with van der Waals surface area (Å²) < 4.78 is 22.8. The highest BCUT2D eigenvalue weighted by Gasteiger charge is 2.58. The average molecular weight is 318 g/mol. The molecule has 1 N–H and O–H groups in total. The quantitative estimate of drug-likeness (QED) is 0.600. The normalized spacial score (nSPS) is 36.7. The van der Waals surface area contributed by atoms with Crippen LogP contribution in [0.15, 0.2) is 0 Å². The molecule has 0 amide bonds. The van der Waals surface area contributed by atoms with Gasteiger partial charge in [0.05, 0.1) is 6.61 Å². The monoisotopic (exact) mass is 318 g/mol. The fourth-order valence-corrected chi connectivity index (χ4v) is 5.04. The summed E-state index contributed by atoms with van der Waals surface area (Å²) in [7, 11) is -0.340. The summed E-state index contributed by atoms with van der Waals surface area (Å²) in [4.78, 5) is 0. The third-order valence-electron chi connectivity index (χ3n) is 5.69. The lowest BCUT2D eigenvalue weighted by molar-refractivity contribution is -0.222. The van der Waals surface area contributed by atoms with Gasteiger partial charge in [0.1, 0.15) is 24.4 Å². The van der Waals surface area contributed by atoms with Gasteiger partial charge in [0.2, 0.25) is 0 Å². The highest BCUT2D eigenvalue weighted by Crippen LogP contribution is 2.45. The van der Waals surface area contributed by atoms with Crippen molar-refractivity contribution in [2.75, 3.05) is 13.7 Å². The van der Waals surface area contributed by atoms with E-state index in [1.54, 1.807) is 0 Å². The molecule has 2 fully saturated rings. The molecule has 0 saturated carbocycles. The molecular weight excluding hydrogens is 288 g/mol. The summed E-state index contributed by atoms with van der Waals surface area (Å²) >= 11 is 0. The van der Waals surface area contributed by atoms with Gasteiger partial charge in [0.15, 0.2) is 14.6 Å². The van der Waals surface area contributed by atoms with Crippen molar-refractivity contribution >= 4 is 8.32 Å². The number of ether oxygens (including phenoxy) is 3. The Morgan fingerprint density at radius 1 is 1.19 bits per heavy atom. The van der Waals surface area contributed by atoms with Gasteiger partial charge < -0.3 is 23.7 Å². The zero-order valence-corrected chi connectivity index (χ0v) is 15.3. The van der Waals surface area contributed by atoms with Crippen molar-refractivity contribution in [3.63, 3.8) is 0 Å². The molecule has 5 nitrogen and oxygen atoms in total. The molecule has 0 aromatic carbocycles. The molecule has 2 aliphatic heterocycles. The maximum atomic E-state index is 9.92. The van der Waals surface area contributed by atoms with Crippen molar-refractivity contribution in [2.24, 2.45) is 5.92 Å². The summed E-state index contributed by atoms with van der Waals surface area (Å²) in [6.45, 7) is 14.1. The third-order valence-corrected chi connectivity index (χ3v) is 10.3. The van der Waals surface area contributed by atoms with Crippen molar-refractivity contribution in [1.29, 1.82) is 0 Å². The number of methoxy groups -OCH3 is 1. The molecule has 2 aliphatic rings. The van der Waals surface area contributed by atoms with E-state index >= 15 is 0 Å². The van der Waals surface area contributed by atoms with Crippen molar-refractivity contribution in [1.82, 2.24) is 0 Å². The first-order valence-corrected chi connectivity index (χ1v) is 10.7. The predicted molar refractivity (Wildman–Crippen MR) is 82.7 cm³/mol. The Labute approximate surface area is 129 Å². The third kappa shape index (κ3) is 3.21. The molecule has 2 saturated heterocycles. The number of epoxide rings is 1. The molecule has 0 aromatic rings. The van der Waals surface area contributed by atoms with Gasteiger partial charge in [-0.25, -0.2) is 0 Å². The van der Waals surface area contributed by atoms with E-state index in [0.717, 1.165) is 0 Å². The molecule has 0 radical (unpaired) electrons. The minimum atomic E-state index is -1.88. The number of rotatable bonds is 6. The smallest absolute Gasteiger partial charge is 0.192 e. The molecule has 0 unspecified atom stereocenters. The minimum absolute atomic E-state index is 0.0571. The van der Waals surface area contributed by atoms with Crippen molar-refractivity contribution < 1.29 is 23.7 Å². The van der Waals surface area contributed by atoms with Crippen LogP contribution in [0.2, 0.25) is 18.1 Å². The van der Waals surface area contributed by atoms with E-state index < -0.39 is 20.7 Å². The second-order valence-electron chi connectivity index (χ2n) is 7.53. The Morgan fingerprint density at radius 3 is 2.33 bits per heavy atom. The van der Waals surface area contributed by atoms with Crippen LogP contribution in [0.4, 0.5) is 0 Å². The van der Waals surface area contributed by atoms with E-state index in [4.69, 9.17) is 18.6 Å². The van der Waals surface area contributed by atoms with Crippen LogP contribution < -0.4 is 0 Å². The van der Waals surface area contributed by atoms with Gasteiger partial charge >= 0.3 is 0 Å². The zero-order valence-electron chi connectivity index (χ0n) is 14.3. The molecule has 2 heterocycles. The lowest BCUT2D eigenvalue weighted by atomic mass is 9.99. The van der Waals surface area contributed by atoms with Gasteiger partial charge in [-0.1, -0.05) is 27.7 Å². The van der Waals surface area contributed by atoms with Crippen LogP contribution in [-0.2, 0) is 18.6 Å². The summed E-state index contributed by atoms with van der Waals surface area (Å²) in [5.41, 5.74) is 0. The van der Waals surface area contributed by atoms with E-state index in [1.807, 2.05) is 0 Å². The fraction of sp³-hybridized carbons (Fsp3) is 1.00. The Bertz CT molecular complexity index is 371. The van der Waals surface area contributed by atoms with Gasteiger partial charge in [-0.05, 0) is 24.1 Å². The van der Waals surface area contributed by atoms with Gasteiger partial charge in [-0.3, -0.25) is 0 Å². The van der Waals surface area contributed by atoms with Crippen LogP contribution in [0.1, 0.15) is 27.7 Å². The second-order valence-corrected chi connectivity index (χ2v) is 12.1. The molecule has 6 heteroatoms. The van der Waals surface area contributed by atoms with Crippen LogP contribution in [-0.4, -0.2) is 57.8 Å². The second kappa shape index (κ2) is 5.90. The highest BCUT2D eigenvalue weighted by atomic mass is 28.4. The van der Waals surface area contributed by atoms with E-state index in [1.165, 1.54) is 7.11 Å².